The van der Waals surface area contributed by atoms with Crippen LogP contribution in [0.1, 0.15) is 53.4 Å². The summed E-state index contributed by atoms with van der Waals surface area (Å²) in [4.78, 5) is 5.46. The molecule has 3 rings (SSSR count). The van der Waals surface area contributed by atoms with E-state index in [4.69, 9.17) is 4.74 Å². The molecule has 0 bridgehead atoms. The molecule has 0 N–H and O–H groups in total. The predicted octanol–water partition coefficient (Wildman–Crippen LogP) is 3.24. The van der Waals surface area contributed by atoms with E-state index in [0.717, 1.165) is 23.8 Å². The van der Waals surface area contributed by atoms with E-state index >= 15 is 0 Å². The molecule has 0 aromatic rings. The van der Waals surface area contributed by atoms with Gasteiger partial charge in [-0.25, -0.2) is 0 Å². The molecule has 3 heteroatoms. The van der Waals surface area contributed by atoms with Crippen molar-refractivity contribution in [3.05, 3.63) is 0 Å². The smallest absolute Gasteiger partial charge is 0.0584 e. The molecule has 3 nitrogen and oxygen atoms in total. The highest BCUT2D eigenvalue weighted by Crippen LogP contribution is 2.37. The average molecular weight is 309 g/mol. The number of rotatable bonds is 6. The van der Waals surface area contributed by atoms with E-state index in [1.165, 1.54) is 58.4 Å². The zero-order chi connectivity index (χ0) is 15.7. The molecule has 0 aromatic heterocycles. The third-order valence-electron chi connectivity index (χ3n) is 6.19. The van der Waals surface area contributed by atoms with Crippen LogP contribution >= 0.6 is 0 Å². The highest BCUT2D eigenvalue weighted by molar-refractivity contribution is 4.91. The Labute approximate surface area is 137 Å². The molecule has 0 amide bonds. The second kappa shape index (κ2) is 7.19. The van der Waals surface area contributed by atoms with Crippen LogP contribution in [-0.4, -0.2) is 60.8 Å². The Morgan fingerprint density at radius 3 is 2.09 bits per heavy atom. The molecule has 22 heavy (non-hydrogen) atoms. The summed E-state index contributed by atoms with van der Waals surface area (Å²) in [6.07, 6.45) is 6.43. The Hall–Kier alpha value is -0.120. The quantitative estimate of drug-likeness (QED) is 0.749. The summed E-state index contributed by atoms with van der Waals surface area (Å²) in [5.41, 5.74) is 0. The normalized spacial score (nSPS) is 37.4. The van der Waals surface area contributed by atoms with Crippen molar-refractivity contribution in [3.63, 3.8) is 0 Å². The first-order valence-electron chi connectivity index (χ1n) is 9.63. The molecule has 2 aliphatic carbocycles. The fourth-order valence-corrected chi connectivity index (χ4v) is 4.47. The summed E-state index contributed by atoms with van der Waals surface area (Å²) in [5.74, 6) is 2.78. The standard InChI is InChI=1S/C19H36N2O/c1-14(2)17-11-18(12-17)21-7-5-20(6-8-21)13-16-9-19(10-16)22-15(3)4/h14-19H,5-13H2,1-4H3. The molecular formula is C19H36N2O. The Bertz CT molecular complexity index is 337. The SMILES string of the molecule is CC(C)OC1CC(CN2CCN(C3CC(C(C)C)C3)CC2)C1. The van der Waals surface area contributed by atoms with Crippen molar-refractivity contribution in [2.75, 3.05) is 32.7 Å². The van der Waals surface area contributed by atoms with Gasteiger partial charge in [0.05, 0.1) is 12.2 Å². The third kappa shape index (κ3) is 4.04. The summed E-state index contributed by atoms with van der Waals surface area (Å²) < 4.78 is 5.88. The van der Waals surface area contributed by atoms with Crippen LogP contribution in [-0.2, 0) is 4.74 Å². The largest absolute Gasteiger partial charge is 0.376 e. The molecule has 0 aromatic carbocycles. The number of hydrogen-bond donors (Lipinski definition) is 0. The molecule has 3 fully saturated rings. The molecule has 0 radical (unpaired) electrons. The van der Waals surface area contributed by atoms with Gasteiger partial charge in [0.1, 0.15) is 0 Å². The van der Waals surface area contributed by atoms with Gasteiger partial charge in [-0.1, -0.05) is 13.8 Å². The minimum atomic E-state index is 0.395. The number of hydrogen-bond acceptors (Lipinski definition) is 3. The Kier molecular flexibility index (Phi) is 5.47. The maximum Gasteiger partial charge on any atom is 0.0584 e. The van der Waals surface area contributed by atoms with Gasteiger partial charge < -0.3 is 9.64 Å². The number of ether oxygens (including phenoxy) is 1. The predicted molar refractivity (Wildman–Crippen MR) is 92.1 cm³/mol. The van der Waals surface area contributed by atoms with Gasteiger partial charge in [0.25, 0.3) is 0 Å². The first kappa shape index (κ1) is 16.7. The Balaban J connectivity index is 1.29. The first-order valence-corrected chi connectivity index (χ1v) is 9.63. The average Bonchev–Trinajstić information content (AvgIpc) is 2.35. The summed E-state index contributed by atoms with van der Waals surface area (Å²) in [6.45, 7) is 15.5. The van der Waals surface area contributed by atoms with E-state index in [1.807, 2.05) is 0 Å². The zero-order valence-electron chi connectivity index (χ0n) is 15.1. The molecule has 0 spiro atoms. The molecule has 1 aliphatic heterocycles. The van der Waals surface area contributed by atoms with Crippen molar-refractivity contribution in [1.29, 1.82) is 0 Å². The van der Waals surface area contributed by atoms with E-state index in [0.29, 0.717) is 12.2 Å². The van der Waals surface area contributed by atoms with Gasteiger partial charge in [0.15, 0.2) is 0 Å². The molecule has 3 aliphatic rings. The maximum absolute atomic E-state index is 5.88. The van der Waals surface area contributed by atoms with E-state index in [1.54, 1.807) is 0 Å². The molecule has 0 unspecified atom stereocenters. The molecule has 1 heterocycles. The van der Waals surface area contributed by atoms with Crippen LogP contribution < -0.4 is 0 Å². The lowest BCUT2D eigenvalue weighted by Gasteiger charge is -2.48. The molecule has 0 atom stereocenters. The van der Waals surface area contributed by atoms with Gasteiger partial charge >= 0.3 is 0 Å². The van der Waals surface area contributed by atoms with Gasteiger partial charge in [-0.3, -0.25) is 4.90 Å². The monoisotopic (exact) mass is 308 g/mol. The Morgan fingerprint density at radius 2 is 1.55 bits per heavy atom. The van der Waals surface area contributed by atoms with Crippen LogP contribution in [0.25, 0.3) is 0 Å². The van der Waals surface area contributed by atoms with Crippen LogP contribution in [0.5, 0.6) is 0 Å². The maximum atomic E-state index is 5.88. The molecular weight excluding hydrogens is 272 g/mol. The minimum Gasteiger partial charge on any atom is -0.376 e. The van der Waals surface area contributed by atoms with Crippen LogP contribution in [0.2, 0.25) is 0 Å². The van der Waals surface area contributed by atoms with Crippen molar-refractivity contribution in [1.82, 2.24) is 9.80 Å². The van der Waals surface area contributed by atoms with Gasteiger partial charge in [-0.15, -0.1) is 0 Å². The van der Waals surface area contributed by atoms with Crippen molar-refractivity contribution in [2.45, 2.75) is 71.6 Å². The lowest BCUT2D eigenvalue weighted by atomic mass is 9.73. The molecule has 1 saturated heterocycles. The lowest BCUT2D eigenvalue weighted by Crippen LogP contribution is -2.55. The number of nitrogens with zero attached hydrogens (tertiary/aromatic N) is 2. The van der Waals surface area contributed by atoms with Crippen molar-refractivity contribution in [3.8, 4) is 0 Å². The van der Waals surface area contributed by atoms with E-state index < -0.39 is 0 Å². The van der Waals surface area contributed by atoms with Gasteiger partial charge in [0, 0.05) is 38.8 Å². The summed E-state index contributed by atoms with van der Waals surface area (Å²) in [7, 11) is 0. The van der Waals surface area contributed by atoms with Crippen LogP contribution in [0.3, 0.4) is 0 Å². The van der Waals surface area contributed by atoms with Gasteiger partial charge in [-0.05, 0) is 57.3 Å². The Morgan fingerprint density at radius 1 is 0.909 bits per heavy atom. The fourth-order valence-electron chi connectivity index (χ4n) is 4.47. The lowest BCUT2D eigenvalue weighted by molar-refractivity contribution is -0.0716. The van der Waals surface area contributed by atoms with Crippen molar-refractivity contribution < 1.29 is 4.74 Å². The van der Waals surface area contributed by atoms with E-state index in [2.05, 4.69) is 37.5 Å². The molecule has 2 saturated carbocycles. The zero-order valence-corrected chi connectivity index (χ0v) is 15.1. The highest BCUT2D eigenvalue weighted by Gasteiger charge is 2.37. The number of piperazine rings is 1. The van der Waals surface area contributed by atoms with E-state index in [-0.39, 0.29) is 0 Å². The first-order chi connectivity index (χ1) is 10.5. The summed E-state index contributed by atoms with van der Waals surface area (Å²) >= 11 is 0. The second-order valence-corrected chi connectivity index (χ2v) is 8.61. The van der Waals surface area contributed by atoms with Crippen LogP contribution in [0.15, 0.2) is 0 Å². The van der Waals surface area contributed by atoms with Gasteiger partial charge in [-0.2, -0.15) is 0 Å². The minimum absolute atomic E-state index is 0.395. The summed E-state index contributed by atoms with van der Waals surface area (Å²) in [6, 6.07) is 0.905. The van der Waals surface area contributed by atoms with Crippen LogP contribution in [0, 0.1) is 17.8 Å². The summed E-state index contributed by atoms with van der Waals surface area (Å²) in [5, 5.41) is 0. The topological polar surface area (TPSA) is 15.7 Å². The second-order valence-electron chi connectivity index (χ2n) is 8.61. The van der Waals surface area contributed by atoms with E-state index in [9.17, 15) is 0 Å². The fraction of sp³-hybridized carbons (Fsp3) is 1.00. The van der Waals surface area contributed by atoms with Crippen molar-refractivity contribution >= 4 is 0 Å². The highest BCUT2D eigenvalue weighted by atomic mass is 16.5. The van der Waals surface area contributed by atoms with Gasteiger partial charge in [0.2, 0.25) is 0 Å². The van der Waals surface area contributed by atoms with Crippen molar-refractivity contribution in [2.24, 2.45) is 17.8 Å². The molecule has 128 valence electrons. The van der Waals surface area contributed by atoms with Crippen LogP contribution in [0.4, 0.5) is 0 Å². The third-order valence-corrected chi connectivity index (χ3v) is 6.19.